The van der Waals surface area contributed by atoms with Crippen LogP contribution in [0.25, 0.3) is 0 Å². The monoisotopic (exact) mass is 338 g/mol. The zero-order valence-electron chi connectivity index (χ0n) is 15.0. The van der Waals surface area contributed by atoms with E-state index in [2.05, 4.69) is 53.5 Å². The highest BCUT2D eigenvalue weighted by Crippen LogP contribution is 2.45. The van der Waals surface area contributed by atoms with Gasteiger partial charge >= 0.3 is 0 Å². The van der Waals surface area contributed by atoms with Gasteiger partial charge in [0.15, 0.2) is 0 Å². The minimum atomic E-state index is -0.0839. The molecule has 2 aliphatic rings. The Morgan fingerprint density at radius 3 is 2.76 bits per heavy atom. The first kappa shape index (κ1) is 16.4. The first-order valence-electron chi connectivity index (χ1n) is 9.10. The smallest absolute Gasteiger partial charge is 0.119 e. The molecule has 0 radical (unpaired) electrons. The number of hydrogen-bond donors (Lipinski definition) is 1. The molecule has 2 aromatic carbocycles. The Morgan fingerprint density at radius 1 is 1.20 bits per heavy atom. The highest BCUT2D eigenvalue weighted by molar-refractivity contribution is 5.54. The van der Waals surface area contributed by atoms with Crippen molar-refractivity contribution in [3.8, 4) is 5.75 Å². The zero-order chi connectivity index (χ0) is 17.3. The van der Waals surface area contributed by atoms with Crippen LogP contribution in [0, 0.1) is 0 Å². The van der Waals surface area contributed by atoms with Gasteiger partial charge in [-0.1, -0.05) is 31.2 Å². The molecule has 2 aromatic rings. The molecule has 2 heterocycles. The van der Waals surface area contributed by atoms with Gasteiger partial charge in [0, 0.05) is 25.3 Å². The predicted octanol–water partition coefficient (Wildman–Crippen LogP) is 3.53. The molecule has 0 aromatic heterocycles. The number of hydrogen-bond acceptors (Lipinski definition) is 4. The summed E-state index contributed by atoms with van der Waals surface area (Å²) in [5.41, 5.74) is 3.81. The van der Waals surface area contributed by atoms with Gasteiger partial charge in [-0.25, -0.2) is 0 Å². The van der Waals surface area contributed by atoms with Gasteiger partial charge in [0.2, 0.25) is 0 Å². The number of benzene rings is 2. The van der Waals surface area contributed by atoms with E-state index in [1.54, 1.807) is 7.11 Å². The molecule has 0 spiro atoms. The van der Waals surface area contributed by atoms with E-state index < -0.39 is 0 Å². The van der Waals surface area contributed by atoms with Crippen molar-refractivity contribution in [3.63, 3.8) is 0 Å². The molecule has 132 valence electrons. The van der Waals surface area contributed by atoms with Crippen LogP contribution >= 0.6 is 0 Å². The molecule has 4 nitrogen and oxygen atoms in total. The molecule has 2 atom stereocenters. The second kappa shape index (κ2) is 6.70. The topological polar surface area (TPSA) is 33.7 Å². The average Bonchev–Trinajstić information content (AvgIpc) is 3.12. The van der Waals surface area contributed by atoms with Gasteiger partial charge in [0.05, 0.1) is 19.3 Å². The maximum absolute atomic E-state index is 6.35. The maximum atomic E-state index is 6.35. The standard InChI is InChI=1S/C21H26N2O2/c1-3-21(20-19-7-5-4-6-16(19)14-25-20)15-22-12-13-23(21)17-8-10-18(24-2)11-9-17/h4-11,20,22H,3,12-15H2,1-2H3. The maximum Gasteiger partial charge on any atom is 0.119 e. The van der Waals surface area contributed by atoms with Gasteiger partial charge in [-0.15, -0.1) is 0 Å². The Bertz CT molecular complexity index is 731. The molecule has 1 fully saturated rings. The summed E-state index contributed by atoms with van der Waals surface area (Å²) in [6.07, 6.45) is 1.11. The first-order valence-corrected chi connectivity index (χ1v) is 9.10. The molecule has 2 aliphatic heterocycles. The Balaban J connectivity index is 1.74. The van der Waals surface area contributed by atoms with Crippen LogP contribution in [-0.2, 0) is 11.3 Å². The van der Waals surface area contributed by atoms with Crippen LogP contribution in [0.5, 0.6) is 5.75 Å². The van der Waals surface area contributed by atoms with Crippen LogP contribution in [0.15, 0.2) is 48.5 Å². The number of anilines is 1. The van der Waals surface area contributed by atoms with E-state index in [1.807, 2.05) is 12.1 Å². The van der Waals surface area contributed by atoms with Gasteiger partial charge in [-0.2, -0.15) is 0 Å². The number of rotatable bonds is 4. The molecule has 4 heteroatoms. The highest BCUT2D eigenvalue weighted by Gasteiger charge is 2.48. The van der Waals surface area contributed by atoms with E-state index in [4.69, 9.17) is 9.47 Å². The van der Waals surface area contributed by atoms with Gasteiger partial charge < -0.3 is 19.7 Å². The summed E-state index contributed by atoms with van der Waals surface area (Å²) in [7, 11) is 1.71. The molecule has 1 saturated heterocycles. The van der Waals surface area contributed by atoms with Gasteiger partial charge in [-0.05, 0) is 41.8 Å². The summed E-state index contributed by atoms with van der Waals surface area (Å²) >= 11 is 0. The van der Waals surface area contributed by atoms with E-state index in [1.165, 1.54) is 16.8 Å². The number of methoxy groups -OCH3 is 1. The summed E-state index contributed by atoms with van der Waals surface area (Å²) < 4.78 is 11.7. The number of ether oxygens (including phenoxy) is 2. The average molecular weight is 338 g/mol. The summed E-state index contributed by atoms with van der Waals surface area (Å²) in [5.74, 6) is 0.892. The molecular weight excluding hydrogens is 312 g/mol. The lowest BCUT2D eigenvalue weighted by Gasteiger charge is -2.51. The zero-order valence-corrected chi connectivity index (χ0v) is 15.0. The fourth-order valence-electron chi connectivity index (χ4n) is 4.33. The molecule has 0 saturated carbocycles. The largest absolute Gasteiger partial charge is 0.497 e. The van der Waals surface area contributed by atoms with E-state index >= 15 is 0 Å². The molecule has 0 amide bonds. The van der Waals surface area contributed by atoms with E-state index in [9.17, 15) is 0 Å². The molecule has 4 rings (SSSR count). The van der Waals surface area contributed by atoms with E-state index in [-0.39, 0.29) is 11.6 Å². The summed E-state index contributed by atoms with van der Waals surface area (Å²) in [6, 6.07) is 17.0. The second-order valence-electron chi connectivity index (χ2n) is 6.87. The third-order valence-electron chi connectivity index (χ3n) is 5.71. The number of nitrogens with zero attached hydrogens (tertiary/aromatic N) is 1. The van der Waals surface area contributed by atoms with Crippen molar-refractivity contribution in [3.05, 3.63) is 59.7 Å². The van der Waals surface area contributed by atoms with Gasteiger partial charge in [0.25, 0.3) is 0 Å². The van der Waals surface area contributed by atoms with Crippen LogP contribution in [0.2, 0.25) is 0 Å². The Hall–Kier alpha value is -2.04. The van der Waals surface area contributed by atoms with Crippen LogP contribution < -0.4 is 15.0 Å². The first-order chi connectivity index (χ1) is 12.3. The van der Waals surface area contributed by atoms with Crippen LogP contribution in [0.1, 0.15) is 30.6 Å². The third kappa shape index (κ3) is 2.70. The predicted molar refractivity (Wildman–Crippen MR) is 100 cm³/mol. The minimum absolute atomic E-state index is 0.0839. The molecule has 2 unspecified atom stereocenters. The van der Waals surface area contributed by atoms with Crippen LogP contribution in [0.4, 0.5) is 5.69 Å². The summed E-state index contributed by atoms with van der Waals surface area (Å²) in [4.78, 5) is 2.54. The Kier molecular flexibility index (Phi) is 4.40. The minimum Gasteiger partial charge on any atom is -0.497 e. The van der Waals surface area contributed by atoms with E-state index in [0.717, 1.165) is 31.8 Å². The van der Waals surface area contributed by atoms with Crippen molar-refractivity contribution in [1.82, 2.24) is 5.32 Å². The van der Waals surface area contributed by atoms with Gasteiger partial charge in [0.1, 0.15) is 11.9 Å². The number of fused-ring (bicyclic) bond motifs is 1. The Labute approximate surface area is 149 Å². The summed E-state index contributed by atoms with van der Waals surface area (Å²) in [5, 5.41) is 3.61. The fourth-order valence-corrected chi connectivity index (χ4v) is 4.33. The molecule has 25 heavy (non-hydrogen) atoms. The normalized spacial score (nSPS) is 25.7. The third-order valence-corrected chi connectivity index (χ3v) is 5.71. The van der Waals surface area contributed by atoms with E-state index in [0.29, 0.717) is 6.61 Å². The lowest BCUT2D eigenvalue weighted by atomic mass is 9.81. The lowest BCUT2D eigenvalue weighted by Crippen LogP contribution is -2.64. The van der Waals surface area contributed by atoms with Crippen LogP contribution in [0.3, 0.4) is 0 Å². The second-order valence-corrected chi connectivity index (χ2v) is 6.87. The molecule has 1 N–H and O–H groups in total. The molecule has 0 aliphatic carbocycles. The Morgan fingerprint density at radius 2 is 2.00 bits per heavy atom. The molecule has 0 bridgehead atoms. The number of piperazine rings is 1. The number of nitrogens with one attached hydrogen (secondary N) is 1. The van der Waals surface area contributed by atoms with Crippen molar-refractivity contribution in [2.24, 2.45) is 0 Å². The van der Waals surface area contributed by atoms with Crippen molar-refractivity contribution in [2.75, 3.05) is 31.6 Å². The summed E-state index contributed by atoms with van der Waals surface area (Å²) in [6.45, 7) is 5.87. The molecular formula is C21H26N2O2. The SMILES string of the molecule is CCC1(C2OCc3ccccc32)CNCCN1c1ccc(OC)cc1. The van der Waals surface area contributed by atoms with Crippen molar-refractivity contribution >= 4 is 5.69 Å². The highest BCUT2D eigenvalue weighted by atomic mass is 16.5. The lowest BCUT2D eigenvalue weighted by molar-refractivity contribution is -0.00111. The fraction of sp³-hybridized carbons (Fsp3) is 0.429. The quantitative estimate of drug-likeness (QED) is 0.925. The van der Waals surface area contributed by atoms with Crippen molar-refractivity contribution in [1.29, 1.82) is 0 Å². The van der Waals surface area contributed by atoms with Crippen LogP contribution in [-0.4, -0.2) is 32.3 Å². The van der Waals surface area contributed by atoms with Crippen molar-refractivity contribution < 1.29 is 9.47 Å². The van der Waals surface area contributed by atoms with Crippen molar-refractivity contribution in [2.45, 2.75) is 31.6 Å². The van der Waals surface area contributed by atoms with Gasteiger partial charge in [-0.3, -0.25) is 0 Å².